The third-order valence-electron chi connectivity index (χ3n) is 4.40. The topological polar surface area (TPSA) is 114 Å². The molecular formula is C22H26N2O8. The van der Waals surface area contributed by atoms with Crippen LogP contribution < -0.4 is 20.1 Å². The summed E-state index contributed by atoms with van der Waals surface area (Å²) in [7, 11) is 3.01. The molecule has 2 heterocycles. The molecule has 2 N–H and O–H groups in total. The second-order valence-electron chi connectivity index (χ2n) is 6.50. The largest absolute Gasteiger partial charge is 0.412 e. The van der Waals surface area contributed by atoms with Crippen molar-refractivity contribution in [1.29, 1.82) is 0 Å². The fraction of sp³-hybridized carbons (Fsp3) is 0.364. The zero-order valence-corrected chi connectivity index (χ0v) is 17.9. The standard InChI is InChI=1S/2C11H13NO4/c2*1-12-11(13)16-9-5-3-2-4-8(9)10-14-6-7-15-10/h2*2-5,10H,6-7H2,1H3,(H,12,13). The van der Waals surface area contributed by atoms with Crippen molar-refractivity contribution in [2.45, 2.75) is 12.6 Å². The van der Waals surface area contributed by atoms with E-state index in [1.807, 2.05) is 24.3 Å². The first kappa shape index (κ1) is 23.5. The molecule has 172 valence electrons. The minimum absolute atomic E-state index is 0.444. The number of amides is 2. The Morgan fingerprint density at radius 2 is 1.03 bits per heavy atom. The Bertz CT molecular complexity index is 822. The van der Waals surface area contributed by atoms with Gasteiger partial charge in [0.15, 0.2) is 12.6 Å². The minimum Gasteiger partial charge on any atom is -0.410 e. The number of ether oxygens (including phenoxy) is 6. The summed E-state index contributed by atoms with van der Waals surface area (Å²) in [6.45, 7) is 2.22. The number of para-hydroxylation sites is 2. The zero-order valence-electron chi connectivity index (χ0n) is 17.9. The Hall–Kier alpha value is -3.18. The van der Waals surface area contributed by atoms with E-state index in [4.69, 9.17) is 28.4 Å². The van der Waals surface area contributed by atoms with Gasteiger partial charge in [0.25, 0.3) is 0 Å². The summed E-state index contributed by atoms with van der Waals surface area (Å²) in [6, 6.07) is 14.3. The maximum absolute atomic E-state index is 11.1. The highest BCUT2D eigenvalue weighted by Gasteiger charge is 2.23. The summed E-state index contributed by atoms with van der Waals surface area (Å²) in [4.78, 5) is 22.3. The predicted octanol–water partition coefficient (Wildman–Crippen LogP) is 2.90. The fourth-order valence-corrected chi connectivity index (χ4v) is 2.91. The number of hydrogen-bond acceptors (Lipinski definition) is 8. The van der Waals surface area contributed by atoms with Crippen LogP contribution in [0.3, 0.4) is 0 Å². The van der Waals surface area contributed by atoms with Crippen molar-refractivity contribution in [2.75, 3.05) is 40.5 Å². The van der Waals surface area contributed by atoms with Gasteiger partial charge in [-0.2, -0.15) is 0 Å². The Kier molecular flexibility index (Phi) is 8.81. The van der Waals surface area contributed by atoms with Crippen LogP contribution in [0.15, 0.2) is 48.5 Å². The zero-order chi connectivity index (χ0) is 22.8. The van der Waals surface area contributed by atoms with Crippen LogP contribution in [0.1, 0.15) is 23.7 Å². The quantitative estimate of drug-likeness (QED) is 0.737. The van der Waals surface area contributed by atoms with Crippen molar-refractivity contribution < 1.29 is 38.0 Å². The van der Waals surface area contributed by atoms with Gasteiger partial charge in [0.1, 0.15) is 11.5 Å². The van der Waals surface area contributed by atoms with Gasteiger partial charge in [0, 0.05) is 14.1 Å². The maximum Gasteiger partial charge on any atom is 0.412 e. The van der Waals surface area contributed by atoms with Crippen LogP contribution in [-0.4, -0.2) is 52.7 Å². The molecule has 0 unspecified atom stereocenters. The van der Waals surface area contributed by atoms with E-state index in [0.717, 1.165) is 11.1 Å². The normalized spacial score (nSPS) is 16.1. The van der Waals surface area contributed by atoms with Crippen LogP contribution in [-0.2, 0) is 18.9 Å². The number of nitrogens with one attached hydrogen (secondary N) is 2. The molecule has 10 nitrogen and oxygen atoms in total. The number of benzene rings is 2. The van der Waals surface area contributed by atoms with E-state index in [2.05, 4.69) is 10.6 Å². The molecule has 2 fully saturated rings. The van der Waals surface area contributed by atoms with Gasteiger partial charge in [-0.15, -0.1) is 0 Å². The van der Waals surface area contributed by atoms with Gasteiger partial charge in [-0.25, -0.2) is 9.59 Å². The van der Waals surface area contributed by atoms with E-state index in [9.17, 15) is 9.59 Å². The van der Waals surface area contributed by atoms with Crippen LogP contribution >= 0.6 is 0 Å². The molecule has 0 aliphatic carbocycles. The molecule has 0 atom stereocenters. The number of hydrogen-bond donors (Lipinski definition) is 2. The van der Waals surface area contributed by atoms with Gasteiger partial charge in [0.05, 0.1) is 37.6 Å². The molecule has 2 amide bonds. The van der Waals surface area contributed by atoms with Gasteiger partial charge in [0.2, 0.25) is 0 Å². The molecule has 32 heavy (non-hydrogen) atoms. The molecule has 0 radical (unpaired) electrons. The molecule has 2 aliphatic rings. The van der Waals surface area contributed by atoms with E-state index < -0.39 is 24.8 Å². The van der Waals surface area contributed by atoms with Crippen molar-refractivity contribution in [3.8, 4) is 11.5 Å². The Morgan fingerprint density at radius 1 is 0.688 bits per heavy atom. The molecule has 0 saturated carbocycles. The lowest BCUT2D eigenvalue weighted by Crippen LogP contribution is -2.22. The molecule has 2 aromatic carbocycles. The van der Waals surface area contributed by atoms with Crippen LogP contribution in [0.4, 0.5) is 9.59 Å². The van der Waals surface area contributed by atoms with Crippen molar-refractivity contribution in [3.05, 3.63) is 59.7 Å². The predicted molar refractivity (Wildman–Crippen MR) is 112 cm³/mol. The van der Waals surface area contributed by atoms with E-state index in [1.165, 1.54) is 14.1 Å². The highest BCUT2D eigenvalue weighted by atomic mass is 16.7. The Morgan fingerprint density at radius 3 is 1.38 bits per heavy atom. The molecule has 10 heteroatoms. The van der Waals surface area contributed by atoms with Gasteiger partial charge < -0.3 is 39.1 Å². The minimum atomic E-state index is -0.509. The van der Waals surface area contributed by atoms with E-state index >= 15 is 0 Å². The number of carbonyl (C=O) groups excluding carboxylic acids is 2. The lowest BCUT2D eigenvalue weighted by atomic mass is 10.2. The van der Waals surface area contributed by atoms with Gasteiger partial charge in [-0.1, -0.05) is 36.4 Å². The van der Waals surface area contributed by atoms with Crippen molar-refractivity contribution in [3.63, 3.8) is 0 Å². The first-order valence-corrected chi connectivity index (χ1v) is 10.1. The summed E-state index contributed by atoms with van der Waals surface area (Å²) >= 11 is 0. The summed E-state index contributed by atoms with van der Waals surface area (Å²) in [5, 5.41) is 4.78. The third-order valence-corrected chi connectivity index (χ3v) is 4.40. The van der Waals surface area contributed by atoms with Gasteiger partial charge in [-0.05, 0) is 12.1 Å². The van der Waals surface area contributed by atoms with Crippen LogP contribution in [0, 0.1) is 0 Å². The summed E-state index contributed by atoms with van der Waals surface area (Å²) < 4.78 is 31.6. The average molecular weight is 446 g/mol. The first-order chi connectivity index (χ1) is 15.6. The monoisotopic (exact) mass is 446 g/mol. The van der Waals surface area contributed by atoms with Crippen molar-refractivity contribution in [1.82, 2.24) is 10.6 Å². The molecule has 2 aromatic rings. The summed E-state index contributed by atoms with van der Waals surface area (Å²) in [5.41, 5.74) is 1.45. The maximum atomic E-state index is 11.1. The first-order valence-electron chi connectivity index (χ1n) is 10.1. The van der Waals surface area contributed by atoms with E-state index in [0.29, 0.717) is 37.9 Å². The molecule has 0 bridgehead atoms. The van der Waals surface area contributed by atoms with E-state index in [-0.39, 0.29) is 0 Å². The van der Waals surface area contributed by atoms with Crippen LogP contribution in [0.2, 0.25) is 0 Å². The smallest absolute Gasteiger partial charge is 0.410 e. The Balaban J connectivity index is 0.000000181. The molecular weight excluding hydrogens is 420 g/mol. The number of rotatable bonds is 4. The summed E-state index contributed by atoms with van der Waals surface area (Å²) in [6.07, 6.45) is -1.90. The Labute approximate surface area is 185 Å². The van der Waals surface area contributed by atoms with Crippen molar-refractivity contribution >= 4 is 12.2 Å². The summed E-state index contributed by atoms with van der Waals surface area (Å²) in [5.74, 6) is 0.905. The average Bonchev–Trinajstić information content (AvgIpc) is 3.55. The highest BCUT2D eigenvalue weighted by molar-refractivity contribution is 5.70. The SMILES string of the molecule is CNC(=O)Oc1ccccc1C1OCCO1.CNC(=O)Oc1ccccc1C1OCCO1. The van der Waals surface area contributed by atoms with Crippen LogP contribution in [0.25, 0.3) is 0 Å². The second kappa shape index (κ2) is 12.0. The van der Waals surface area contributed by atoms with Crippen LogP contribution in [0.5, 0.6) is 11.5 Å². The van der Waals surface area contributed by atoms with Crippen molar-refractivity contribution in [2.24, 2.45) is 0 Å². The second-order valence-corrected chi connectivity index (χ2v) is 6.50. The number of carbonyl (C=O) groups is 2. The lowest BCUT2D eigenvalue weighted by molar-refractivity contribution is -0.0455. The molecule has 0 spiro atoms. The lowest BCUT2D eigenvalue weighted by Gasteiger charge is -2.13. The molecule has 4 rings (SSSR count). The third kappa shape index (κ3) is 6.41. The fourth-order valence-electron chi connectivity index (χ4n) is 2.91. The molecule has 2 saturated heterocycles. The molecule has 2 aliphatic heterocycles. The molecule has 0 aromatic heterocycles. The highest BCUT2D eigenvalue weighted by Crippen LogP contribution is 2.32. The van der Waals surface area contributed by atoms with Gasteiger partial charge >= 0.3 is 12.2 Å². The van der Waals surface area contributed by atoms with Gasteiger partial charge in [-0.3, -0.25) is 0 Å². The van der Waals surface area contributed by atoms with E-state index in [1.54, 1.807) is 24.3 Å².